The zero-order valence-corrected chi connectivity index (χ0v) is 21.3. The molecular weight excluding hydrogens is 466 g/mol. The van der Waals surface area contributed by atoms with Crippen LogP contribution in [0.25, 0.3) is 11.4 Å². The van der Waals surface area contributed by atoms with Gasteiger partial charge in [0.15, 0.2) is 16.1 Å². The molecule has 0 aliphatic carbocycles. The number of methoxy groups -OCH3 is 1. The average Bonchev–Trinajstić information content (AvgIpc) is 3.49. The fourth-order valence-electron chi connectivity index (χ4n) is 3.62. The molecule has 4 aromatic rings. The number of benzene rings is 2. The third-order valence-electron chi connectivity index (χ3n) is 5.38. The predicted molar refractivity (Wildman–Crippen MR) is 138 cm³/mol. The lowest BCUT2D eigenvalue weighted by Gasteiger charge is -2.18. The van der Waals surface area contributed by atoms with Gasteiger partial charge in [-0.2, -0.15) is 0 Å². The van der Waals surface area contributed by atoms with Crippen LogP contribution in [-0.2, 0) is 23.5 Å². The summed E-state index contributed by atoms with van der Waals surface area (Å²) < 4.78 is 7.58. The Bertz CT molecular complexity index is 1270. The first kappa shape index (κ1) is 24.0. The minimum Gasteiger partial charge on any atom is -0.496 e. The van der Waals surface area contributed by atoms with E-state index >= 15 is 0 Å². The van der Waals surface area contributed by atoms with Crippen molar-refractivity contribution in [2.75, 3.05) is 12.0 Å². The summed E-state index contributed by atoms with van der Waals surface area (Å²) in [4.78, 5) is 18.8. The second kappa shape index (κ2) is 10.8. The third-order valence-corrected chi connectivity index (χ3v) is 7.25. The van der Waals surface area contributed by atoms with E-state index in [1.54, 1.807) is 30.7 Å². The Morgan fingerprint density at radius 1 is 1.12 bits per heavy atom. The number of aromatic nitrogens is 4. The first-order valence-electron chi connectivity index (χ1n) is 11.1. The molecule has 0 radical (unpaired) electrons. The third kappa shape index (κ3) is 5.00. The molecule has 0 atom stereocenters. The van der Waals surface area contributed by atoms with Crippen LogP contribution in [0.15, 0.2) is 59.1 Å². The Kier molecular flexibility index (Phi) is 7.64. The van der Waals surface area contributed by atoms with Crippen LogP contribution >= 0.6 is 23.1 Å². The number of thiazole rings is 1. The quantitative estimate of drug-likeness (QED) is 0.268. The predicted octanol–water partition coefficient (Wildman–Crippen LogP) is 5.97. The summed E-state index contributed by atoms with van der Waals surface area (Å²) in [6.07, 6.45) is 0.958. The zero-order valence-electron chi connectivity index (χ0n) is 19.7. The number of hydrogen-bond donors (Lipinski definition) is 0. The number of carbonyl (C=O) groups excluding carboxylic acids is 1. The van der Waals surface area contributed by atoms with Crippen LogP contribution in [-0.4, -0.2) is 32.8 Å². The molecule has 2 heterocycles. The van der Waals surface area contributed by atoms with Crippen LogP contribution in [0.4, 0.5) is 10.8 Å². The van der Waals surface area contributed by atoms with Crippen molar-refractivity contribution in [2.24, 2.45) is 0 Å². The molecule has 0 saturated carbocycles. The standard InChI is InChI=1S/C25H27N5O2S2/c1-5-18-11-13-20(14-12-18)30(17(3)31)24-26-19(15-33-24)16-34-25-28-27-23(29(25)6-2)21-9-7-8-10-22(21)32-4/h7-15H,5-6,16H2,1-4H3. The Labute approximate surface area is 207 Å². The number of carbonyl (C=O) groups is 1. The lowest BCUT2D eigenvalue weighted by molar-refractivity contribution is -0.115. The number of para-hydroxylation sites is 1. The van der Waals surface area contributed by atoms with Crippen LogP contribution in [0.5, 0.6) is 5.75 Å². The molecule has 0 aliphatic heterocycles. The van der Waals surface area contributed by atoms with Gasteiger partial charge in [-0.1, -0.05) is 43.0 Å². The highest BCUT2D eigenvalue weighted by Crippen LogP contribution is 2.33. The number of anilines is 2. The minimum absolute atomic E-state index is 0.0648. The van der Waals surface area contributed by atoms with Crippen molar-refractivity contribution in [2.45, 2.75) is 44.6 Å². The van der Waals surface area contributed by atoms with Gasteiger partial charge in [0.05, 0.1) is 24.1 Å². The maximum atomic E-state index is 12.4. The van der Waals surface area contributed by atoms with Gasteiger partial charge in [0.2, 0.25) is 5.91 Å². The Hall–Kier alpha value is -3.17. The van der Waals surface area contributed by atoms with E-state index in [0.29, 0.717) is 10.9 Å². The molecule has 0 aliphatic rings. The van der Waals surface area contributed by atoms with Crippen molar-refractivity contribution < 1.29 is 9.53 Å². The number of thioether (sulfide) groups is 1. The fraction of sp³-hybridized carbons (Fsp3) is 0.280. The molecule has 0 bridgehead atoms. The second-order valence-corrected chi connectivity index (χ2v) is 9.31. The van der Waals surface area contributed by atoms with E-state index in [9.17, 15) is 4.79 Å². The van der Waals surface area contributed by atoms with Crippen LogP contribution in [0.3, 0.4) is 0 Å². The normalized spacial score (nSPS) is 10.9. The van der Waals surface area contributed by atoms with Crippen molar-refractivity contribution in [1.29, 1.82) is 0 Å². The largest absolute Gasteiger partial charge is 0.496 e. The van der Waals surface area contributed by atoms with Crippen molar-refractivity contribution in [3.63, 3.8) is 0 Å². The van der Waals surface area contributed by atoms with E-state index in [2.05, 4.69) is 28.6 Å². The van der Waals surface area contributed by atoms with E-state index < -0.39 is 0 Å². The topological polar surface area (TPSA) is 73.1 Å². The number of nitrogens with zero attached hydrogens (tertiary/aromatic N) is 5. The summed E-state index contributed by atoms with van der Waals surface area (Å²) >= 11 is 3.04. The van der Waals surface area contributed by atoms with Gasteiger partial charge in [-0.3, -0.25) is 9.69 Å². The first-order chi connectivity index (χ1) is 16.5. The highest BCUT2D eigenvalue weighted by molar-refractivity contribution is 7.98. The van der Waals surface area contributed by atoms with E-state index in [1.165, 1.54) is 16.9 Å². The van der Waals surface area contributed by atoms with Gasteiger partial charge in [0.25, 0.3) is 0 Å². The number of hydrogen-bond acceptors (Lipinski definition) is 7. The van der Waals surface area contributed by atoms with Gasteiger partial charge in [-0.25, -0.2) is 4.98 Å². The lowest BCUT2D eigenvalue weighted by Crippen LogP contribution is -2.22. The van der Waals surface area contributed by atoms with Crippen LogP contribution < -0.4 is 9.64 Å². The van der Waals surface area contributed by atoms with Gasteiger partial charge in [-0.15, -0.1) is 21.5 Å². The highest BCUT2D eigenvalue weighted by Gasteiger charge is 2.20. The summed E-state index contributed by atoms with van der Waals surface area (Å²) in [6, 6.07) is 15.8. The van der Waals surface area contributed by atoms with Crippen molar-refractivity contribution in [3.05, 3.63) is 65.2 Å². The van der Waals surface area contributed by atoms with Crippen LogP contribution in [0.1, 0.15) is 32.0 Å². The molecule has 176 valence electrons. The summed E-state index contributed by atoms with van der Waals surface area (Å²) in [5.74, 6) is 2.10. The Balaban J connectivity index is 1.52. The monoisotopic (exact) mass is 493 g/mol. The summed E-state index contributed by atoms with van der Waals surface area (Å²) in [6.45, 7) is 6.48. The molecule has 0 spiro atoms. The van der Waals surface area contributed by atoms with Crippen molar-refractivity contribution in [3.8, 4) is 17.1 Å². The van der Waals surface area contributed by atoms with Crippen molar-refractivity contribution >= 4 is 39.8 Å². The van der Waals surface area contributed by atoms with Gasteiger partial charge in [-0.05, 0) is 43.2 Å². The molecule has 0 unspecified atom stereocenters. The molecule has 9 heteroatoms. The Morgan fingerprint density at radius 2 is 1.88 bits per heavy atom. The summed E-state index contributed by atoms with van der Waals surface area (Å²) in [7, 11) is 1.66. The van der Waals surface area contributed by atoms with E-state index in [4.69, 9.17) is 9.72 Å². The molecular formula is C25H27N5O2S2. The number of aryl methyl sites for hydroxylation is 1. The van der Waals surface area contributed by atoms with Gasteiger partial charge >= 0.3 is 0 Å². The van der Waals surface area contributed by atoms with E-state index in [0.717, 1.165) is 46.6 Å². The van der Waals surface area contributed by atoms with Gasteiger partial charge in [0, 0.05) is 24.6 Å². The Morgan fingerprint density at radius 3 is 2.56 bits per heavy atom. The molecule has 0 saturated heterocycles. The molecule has 2 aromatic carbocycles. The number of ether oxygens (including phenoxy) is 1. The van der Waals surface area contributed by atoms with Crippen molar-refractivity contribution in [1.82, 2.24) is 19.7 Å². The van der Waals surface area contributed by atoms with E-state index in [-0.39, 0.29) is 5.91 Å². The molecule has 7 nitrogen and oxygen atoms in total. The SMILES string of the molecule is CCc1ccc(N(C(C)=O)c2nc(CSc3nnc(-c4ccccc4OC)n3CC)cs2)cc1. The summed E-state index contributed by atoms with van der Waals surface area (Å²) in [5, 5.41) is 12.3. The molecule has 2 aromatic heterocycles. The molecule has 34 heavy (non-hydrogen) atoms. The molecule has 1 amide bonds. The summed E-state index contributed by atoms with van der Waals surface area (Å²) in [5.41, 5.74) is 3.86. The molecule has 0 N–H and O–H groups in total. The fourth-order valence-corrected chi connectivity index (χ4v) is 5.51. The van der Waals surface area contributed by atoms with Gasteiger partial charge < -0.3 is 9.30 Å². The second-order valence-electron chi connectivity index (χ2n) is 7.54. The lowest BCUT2D eigenvalue weighted by atomic mass is 10.1. The maximum absolute atomic E-state index is 12.4. The number of rotatable bonds is 9. The average molecular weight is 494 g/mol. The number of amides is 1. The van der Waals surface area contributed by atoms with Crippen LogP contribution in [0.2, 0.25) is 0 Å². The maximum Gasteiger partial charge on any atom is 0.230 e. The highest BCUT2D eigenvalue weighted by atomic mass is 32.2. The first-order valence-corrected chi connectivity index (χ1v) is 13.0. The molecule has 4 rings (SSSR count). The zero-order chi connectivity index (χ0) is 24.1. The smallest absolute Gasteiger partial charge is 0.230 e. The van der Waals surface area contributed by atoms with Gasteiger partial charge in [0.1, 0.15) is 5.75 Å². The van der Waals surface area contributed by atoms with Crippen LogP contribution in [0, 0.1) is 0 Å². The molecule has 0 fully saturated rings. The van der Waals surface area contributed by atoms with E-state index in [1.807, 2.05) is 53.9 Å². The minimum atomic E-state index is -0.0648.